The summed E-state index contributed by atoms with van der Waals surface area (Å²) in [6.45, 7) is 6.60. The van der Waals surface area contributed by atoms with Crippen molar-refractivity contribution in [3.8, 4) is 6.07 Å². The molecule has 0 spiro atoms. The number of nitrogens with zero attached hydrogens (tertiary/aromatic N) is 2. The molecule has 0 radical (unpaired) electrons. The predicted octanol–water partition coefficient (Wildman–Crippen LogP) is 3.13. The Balaban J connectivity index is 1.80. The molecule has 2 fully saturated rings. The minimum Gasteiger partial charge on any atom is -0.293 e. The molecule has 0 amide bonds. The van der Waals surface area contributed by atoms with Crippen LogP contribution in [0.5, 0.6) is 0 Å². The van der Waals surface area contributed by atoms with Crippen LogP contribution in [0.1, 0.15) is 54.6 Å². The van der Waals surface area contributed by atoms with Gasteiger partial charge < -0.3 is 0 Å². The largest absolute Gasteiger partial charge is 0.293 e. The summed E-state index contributed by atoms with van der Waals surface area (Å²) in [6.07, 6.45) is 3.73. The minimum absolute atomic E-state index is 0.0147. The van der Waals surface area contributed by atoms with Gasteiger partial charge in [0.15, 0.2) is 5.78 Å². The molecule has 1 aliphatic heterocycles. The van der Waals surface area contributed by atoms with E-state index >= 15 is 0 Å². The molecule has 3 heteroatoms. The number of carbonyl (C=O) groups is 1. The monoisotopic (exact) mass is 294 g/mol. The molecule has 3 nitrogen and oxygen atoms in total. The van der Waals surface area contributed by atoms with Gasteiger partial charge in [-0.3, -0.25) is 9.69 Å². The van der Waals surface area contributed by atoms with Gasteiger partial charge in [0.1, 0.15) is 0 Å². The third-order valence-corrected chi connectivity index (χ3v) is 6.28. The number of hydrogen-bond donors (Lipinski definition) is 0. The highest BCUT2D eigenvalue weighted by Gasteiger charge is 2.52. The van der Waals surface area contributed by atoms with E-state index in [1.165, 1.54) is 12.8 Å². The molecule has 1 saturated heterocycles. The second kappa shape index (κ2) is 4.67. The van der Waals surface area contributed by atoms with Gasteiger partial charge >= 0.3 is 0 Å². The Labute approximate surface area is 131 Å². The van der Waals surface area contributed by atoms with Crippen LogP contribution in [0, 0.1) is 23.2 Å². The Kier molecular flexibility index (Phi) is 2.96. The van der Waals surface area contributed by atoms with E-state index in [-0.39, 0.29) is 17.2 Å². The summed E-state index contributed by atoms with van der Waals surface area (Å²) in [5, 5.41) is 9.18. The lowest BCUT2D eigenvalue weighted by Gasteiger charge is -2.53. The first kappa shape index (κ1) is 14.0. The topological polar surface area (TPSA) is 44.1 Å². The number of rotatable bonds is 2. The van der Waals surface area contributed by atoms with Crippen molar-refractivity contribution in [2.75, 3.05) is 13.1 Å². The SMILES string of the molecule is C[C@H]1C2C(=O)c3ccc(C#N)cc3[C@]1(C)CCN2CC1CC1. The van der Waals surface area contributed by atoms with Crippen molar-refractivity contribution in [2.24, 2.45) is 11.8 Å². The van der Waals surface area contributed by atoms with Gasteiger partial charge in [0.2, 0.25) is 0 Å². The Hall–Kier alpha value is -1.66. The number of piperidine rings is 1. The Morgan fingerprint density at radius 3 is 2.86 bits per heavy atom. The maximum atomic E-state index is 13.1. The van der Waals surface area contributed by atoms with Gasteiger partial charge in [0.25, 0.3) is 0 Å². The van der Waals surface area contributed by atoms with Gasteiger partial charge in [-0.25, -0.2) is 0 Å². The van der Waals surface area contributed by atoms with Crippen molar-refractivity contribution in [3.63, 3.8) is 0 Å². The molecule has 4 rings (SSSR count). The minimum atomic E-state index is 0.0147. The normalized spacial score (nSPS) is 34.1. The fourth-order valence-corrected chi connectivity index (χ4v) is 4.48. The van der Waals surface area contributed by atoms with Crippen LogP contribution in [-0.4, -0.2) is 29.8 Å². The first-order valence-corrected chi connectivity index (χ1v) is 8.37. The van der Waals surface area contributed by atoms with E-state index < -0.39 is 0 Å². The number of ketones is 1. The molecular weight excluding hydrogens is 272 g/mol. The van der Waals surface area contributed by atoms with E-state index in [1.54, 1.807) is 6.07 Å². The van der Waals surface area contributed by atoms with Gasteiger partial charge in [-0.1, -0.05) is 13.8 Å². The van der Waals surface area contributed by atoms with Crippen molar-refractivity contribution in [1.29, 1.82) is 5.26 Å². The fourth-order valence-electron chi connectivity index (χ4n) is 4.48. The summed E-state index contributed by atoms with van der Waals surface area (Å²) in [5.41, 5.74) is 2.64. The molecule has 2 bridgehead atoms. The average Bonchev–Trinajstić information content (AvgIpc) is 3.33. The number of Topliss-reactive ketones (excluding diaryl/α,β-unsaturated/α-hetero) is 1. The Morgan fingerprint density at radius 2 is 2.18 bits per heavy atom. The Morgan fingerprint density at radius 1 is 1.41 bits per heavy atom. The fraction of sp³-hybridized carbons (Fsp3) is 0.579. The highest BCUT2D eigenvalue weighted by molar-refractivity contribution is 6.03. The van der Waals surface area contributed by atoms with Crippen molar-refractivity contribution in [2.45, 2.75) is 44.6 Å². The molecule has 1 aromatic rings. The van der Waals surface area contributed by atoms with E-state index in [9.17, 15) is 10.1 Å². The van der Waals surface area contributed by atoms with Gasteiger partial charge in [-0.15, -0.1) is 0 Å². The van der Waals surface area contributed by atoms with Gasteiger partial charge in [0.05, 0.1) is 17.7 Å². The Bertz CT molecular complexity index is 685. The lowest BCUT2D eigenvalue weighted by molar-refractivity contribution is 0.0266. The summed E-state index contributed by atoms with van der Waals surface area (Å²) in [6, 6.07) is 7.87. The van der Waals surface area contributed by atoms with E-state index in [0.717, 1.165) is 36.6 Å². The molecule has 1 aromatic carbocycles. The van der Waals surface area contributed by atoms with Crippen LogP contribution in [0.25, 0.3) is 0 Å². The maximum absolute atomic E-state index is 13.1. The zero-order valence-electron chi connectivity index (χ0n) is 13.3. The van der Waals surface area contributed by atoms with Gasteiger partial charge in [0, 0.05) is 12.1 Å². The second-order valence-corrected chi connectivity index (χ2v) is 7.58. The highest BCUT2D eigenvalue weighted by Crippen LogP contribution is 2.49. The van der Waals surface area contributed by atoms with Crippen LogP contribution in [0.2, 0.25) is 0 Å². The summed E-state index contributed by atoms with van der Waals surface area (Å²) in [5.74, 6) is 1.39. The maximum Gasteiger partial charge on any atom is 0.180 e. The van der Waals surface area contributed by atoms with Crippen LogP contribution in [0.15, 0.2) is 18.2 Å². The molecule has 0 aromatic heterocycles. The number of hydrogen-bond acceptors (Lipinski definition) is 3. The van der Waals surface area contributed by atoms with Gasteiger partial charge in [-0.2, -0.15) is 5.26 Å². The predicted molar refractivity (Wildman–Crippen MR) is 84.7 cm³/mol. The third kappa shape index (κ3) is 1.87. The summed E-state index contributed by atoms with van der Waals surface area (Å²) < 4.78 is 0. The molecule has 1 saturated carbocycles. The van der Waals surface area contributed by atoms with Gasteiger partial charge in [-0.05, 0) is 66.8 Å². The first-order chi connectivity index (χ1) is 10.5. The number of carbonyl (C=O) groups excluding carboxylic acids is 1. The molecule has 0 N–H and O–H groups in total. The lowest BCUT2D eigenvalue weighted by Crippen LogP contribution is -2.61. The number of fused-ring (bicyclic) bond motifs is 4. The quantitative estimate of drug-likeness (QED) is 0.841. The number of benzene rings is 1. The van der Waals surface area contributed by atoms with Crippen molar-refractivity contribution in [3.05, 3.63) is 34.9 Å². The summed E-state index contributed by atoms with van der Waals surface area (Å²) in [4.78, 5) is 15.5. The molecule has 114 valence electrons. The average molecular weight is 294 g/mol. The van der Waals surface area contributed by atoms with Crippen LogP contribution in [0.4, 0.5) is 0 Å². The third-order valence-electron chi connectivity index (χ3n) is 6.28. The first-order valence-electron chi connectivity index (χ1n) is 8.37. The summed E-state index contributed by atoms with van der Waals surface area (Å²) >= 11 is 0. The van der Waals surface area contributed by atoms with E-state index in [0.29, 0.717) is 11.5 Å². The van der Waals surface area contributed by atoms with Crippen molar-refractivity contribution in [1.82, 2.24) is 4.90 Å². The van der Waals surface area contributed by atoms with Crippen LogP contribution in [0.3, 0.4) is 0 Å². The summed E-state index contributed by atoms with van der Waals surface area (Å²) in [7, 11) is 0. The highest BCUT2D eigenvalue weighted by atomic mass is 16.1. The van der Waals surface area contributed by atoms with Crippen LogP contribution in [-0.2, 0) is 5.41 Å². The van der Waals surface area contributed by atoms with E-state index in [2.05, 4.69) is 24.8 Å². The molecule has 22 heavy (non-hydrogen) atoms. The zero-order valence-corrected chi connectivity index (χ0v) is 13.3. The van der Waals surface area contributed by atoms with Crippen molar-refractivity contribution >= 4 is 5.78 Å². The number of nitriles is 1. The molecule has 1 heterocycles. The smallest absolute Gasteiger partial charge is 0.180 e. The number of likely N-dealkylation sites (tertiary alicyclic amines) is 1. The molecule has 3 atom stereocenters. The van der Waals surface area contributed by atoms with Crippen LogP contribution < -0.4 is 0 Å². The van der Waals surface area contributed by atoms with Crippen molar-refractivity contribution < 1.29 is 4.79 Å². The van der Waals surface area contributed by atoms with E-state index in [4.69, 9.17) is 0 Å². The zero-order chi connectivity index (χ0) is 15.5. The lowest BCUT2D eigenvalue weighted by atomic mass is 9.58. The van der Waals surface area contributed by atoms with Crippen LogP contribution >= 0.6 is 0 Å². The standard InChI is InChI=1S/C19H22N2O/c1-12-17-18(22)15-6-5-14(10-20)9-16(15)19(12,2)7-8-21(17)11-13-3-4-13/h5-6,9,12-13,17H,3-4,7-8,11H2,1-2H3/t12-,17?,19+/m0/s1. The second-order valence-electron chi connectivity index (χ2n) is 7.58. The molecule has 1 unspecified atom stereocenters. The molecule has 3 aliphatic rings. The molecule has 2 aliphatic carbocycles. The van der Waals surface area contributed by atoms with E-state index in [1.807, 2.05) is 12.1 Å². The molecular formula is C19H22N2O.